The molecule has 0 amide bonds. The van der Waals surface area contributed by atoms with Gasteiger partial charge in [0, 0.05) is 36.7 Å². The molecule has 0 fully saturated rings. The van der Waals surface area contributed by atoms with Crippen molar-refractivity contribution in [3.63, 3.8) is 0 Å². The summed E-state index contributed by atoms with van der Waals surface area (Å²) in [6, 6.07) is 4.97. The van der Waals surface area contributed by atoms with Gasteiger partial charge in [-0.25, -0.2) is 8.96 Å². The highest BCUT2D eigenvalue weighted by Crippen LogP contribution is 2.41. The topological polar surface area (TPSA) is 85.8 Å². The number of aromatic amines is 1. The van der Waals surface area contributed by atoms with Crippen molar-refractivity contribution in [1.29, 1.82) is 0 Å². The Hall–Kier alpha value is -1.66. The first-order chi connectivity index (χ1) is 10.9. The second-order valence-electron chi connectivity index (χ2n) is 5.10. The molecule has 6 nitrogen and oxygen atoms in total. The van der Waals surface area contributed by atoms with E-state index in [-0.39, 0.29) is 5.75 Å². The van der Waals surface area contributed by atoms with Crippen LogP contribution in [0.5, 0.6) is 5.75 Å². The van der Waals surface area contributed by atoms with Gasteiger partial charge in [-0.2, -0.15) is 0 Å². The van der Waals surface area contributed by atoms with Crippen LogP contribution in [-0.2, 0) is 11.0 Å². The fraction of sp³-hybridized carbons (Fsp3) is 0.333. The average molecular weight is 342 g/mol. The minimum absolute atomic E-state index is 0.132. The van der Waals surface area contributed by atoms with E-state index in [2.05, 4.69) is 11.6 Å². The molecule has 0 saturated carbocycles. The van der Waals surface area contributed by atoms with Crippen LogP contribution in [0.3, 0.4) is 0 Å². The van der Waals surface area contributed by atoms with Crippen molar-refractivity contribution in [3.05, 3.63) is 42.6 Å². The van der Waals surface area contributed by atoms with Crippen LogP contribution in [0.2, 0.25) is 0 Å². The van der Waals surface area contributed by atoms with Crippen LogP contribution in [0.25, 0.3) is 10.9 Å². The van der Waals surface area contributed by atoms with Crippen LogP contribution in [0.1, 0.15) is 5.56 Å². The monoisotopic (exact) mass is 342 g/mol. The van der Waals surface area contributed by atoms with E-state index in [1.54, 1.807) is 24.4 Å². The number of benzene rings is 1. The molecule has 1 aromatic heterocycles. The normalized spacial score (nSPS) is 12.0. The van der Waals surface area contributed by atoms with Crippen molar-refractivity contribution in [3.8, 4) is 5.75 Å². The lowest BCUT2D eigenvalue weighted by Crippen LogP contribution is -2.28. The number of rotatable bonds is 9. The maximum Gasteiger partial charge on any atom is 0.524 e. The van der Waals surface area contributed by atoms with E-state index in [9.17, 15) is 8.96 Å². The predicted octanol–water partition coefficient (Wildman–Crippen LogP) is 2.64. The minimum Gasteiger partial charge on any atom is -0.404 e. The molecular weight excluding hydrogens is 322 g/mol. The van der Waals surface area contributed by atoms with E-state index >= 15 is 0 Å². The fourth-order valence-electron chi connectivity index (χ4n) is 2.50. The van der Waals surface area contributed by atoms with Crippen LogP contribution >= 0.6 is 7.82 Å². The number of H-pyrrole nitrogens is 1. The van der Waals surface area contributed by atoms with Crippen molar-refractivity contribution in [2.24, 2.45) is 0 Å². The first-order valence-electron chi connectivity index (χ1n) is 7.18. The molecule has 8 heteroatoms. The number of nitrogens with zero attached hydrogens (tertiary/aromatic N) is 1. The molecule has 0 aliphatic carbocycles. The van der Waals surface area contributed by atoms with Gasteiger partial charge in [0.2, 0.25) is 0 Å². The Morgan fingerprint density at radius 3 is 2.83 bits per heavy atom. The molecule has 2 rings (SSSR count). The van der Waals surface area contributed by atoms with E-state index in [4.69, 9.17) is 14.3 Å². The number of hydrogen-bond acceptors (Lipinski definition) is 3. The van der Waals surface area contributed by atoms with Crippen LogP contribution in [0, 0.1) is 0 Å². The van der Waals surface area contributed by atoms with E-state index < -0.39 is 14.5 Å². The summed E-state index contributed by atoms with van der Waals surface area (Å²) in [5.74, 6) is 0.132. The molecule has 0 atom stereocenters. The van der Waals surface area contributed by atoms with Gasteiger partial charge >= 0.3 is 7.82 Å². The number of phosphoric ester groups is 1. The number of aromatic nitrogens is 1. The Balaban J connectivity index is 2.23. The average Bonchev–Trinajstić information content (AvgIpc) is 2.88. The fourth-order valence-corrected chi connectivity index (χ4v) is 2.90. The molecule has 0 spiro atoms. The summed E-state index contributed by atoms with van der Waals surface area (Å²) < 4.78 is 28.4. The van der Waals surface area contributed by atoms with Gasteiger partial charge in [0.25, 0.3) is 0 Å². The Kier molecular flexibility index (Phi) is 5.96. The molecule has 0 aliphatic rings. The van der Waals surface area contributed by atoms with E-state index in [0.29, 0.717) is 31.4 Å². The van der Waals surface area contributed by atoms with Crippen LogP contribution < -0.4 is 4.52 Å². The van der Waals surface area contributed by atoms with Crippen LogP contribution in [0.15, 0.2) is 37.1 Å². The maximum absolute atomic E-state index is 12.5. The molecule has 0 bridgehead atoms. The summed E-state index contributed by atoms with van der Waals surface area (Å²) in [5.41, 5.74) is 1.59. The first kappa shape index (κ1) is 17.7. The summed E-state index contributed by atoms with van der Waals surface area (Å²) in [4.78, 5) is 23.0. The van der Waals surface area contributed by atoms with E-state index in [1.165, 1.54) is 6.07 Å². The van der Waals surface area contributed by atoms with E-state index in [1.807, 2.05) is 4.90 Å². The van der Waals surface area contributed by atoms with Crippen LogP contribution in [-0.4, -0.2) is 46.0 Å². The van der Waals surface area contributed by atoms with Crippen molar-refractivity contribution in [1.82, 2.24) is 9.88 Å². The summed E-state index contributed by atoms with van der Waals surface area (Å²) in [7, 11) is -4.63. The lowest BCUT2D eigenvalue weighted by molar-refractivity contribution is 0.273. The van der Waals surface area contributed by atoms with Crippen LogP contribution in [0.4, 0.5) is 4.39 Å². The van der Waals surface area contributed by atoms with Gasteiger partial charge in [0.15, 0.2) is 0 Å². The molecular formula is C15H20FN2O4P. The number of nitrogens with one attached hydrogen (secondary N) is 1. The Morgan fingerprint density at radius 1 is 1.39 bits per heavy atom. The standard InChI is InChI=1S/C15H20FN2O4P/c1-2-8-18(10-7-16)9-6-12-11-17-13-4-3-5-14(15(12)13)22-23(19,20)21/h2-5,11,17H,1,6-10H2,(H2,19,20,21). The van der Waals surface area contributed by atoms with Crippen molar-refractivity contribution in [2.75, 3.05) is 26.3 Å². The largest absolute Gasteiger partial charge is 0.524 e. The van der Waals surface area contributed by atoms with E-state index in [0.717, 1.165) is 11.1 Å². The van der Waals surface area contributed by atoms with Crippen molar-refractivity contribution < 1.29 is 23.3 Å². The number of phosphoric acid groups is 1. The van der Waals surface area contributed by atoms with Gasteiger partial charge in [-0.05, 0) is 24.1 Å². The molecule has 2 aromatic rings. The number of alkyl halides is 1. The quantitative estimate of drug-likeness (QED) is 0.482. The lowest BCUT2D eigenvalue weighted by atomic mass is 10.1. The van der Waals surface area contributed by atoms with Gasteiger partial charge < -0.3 is 9.51 Å². The molecule has 0 aliphatic heterocycles. The molecule has 0 unspecified atom stereocenters. The zero-order chi connectivity index (χ0) is 16.9. The number of hydrogen-bond donors (Lipinski definition) is 3. The third-order valence-electron chi connectivity index (χ3n) is 3.45. The van der Waals surface area contributed by atoms with Gasteiger partial charge in [-0.1, -0.05) is 12.1 Å². The summed E-state index contributed by atoms with van der Waals surface area (Å²) in [5, 5.41) is 0.634. The molecule has 3 N–H and O–H groups in total. The Labute approximate surface area is 133 Å². The lowest BCUT2D eigenvalue weighted by Gasteiger charge is -2.18. The highest BCUT2D eigenvalue weighted by atomic mass is 31.2. The zero-order valence-electron chi connectivity index (χ0n) is 12.6. The highest BCUT2D eigenvalue weighted by molar-refractivity contribution is 7.46. The third-order valence-corrected chi connectivity index (χ3v) is 3.89. The SMILES string of the molecule is C=CCN(CCF)CCc1c[nH]c2cccc(OP(=O)(O)O)c12. The molecule has 0 radical (unpaired) electrons. The zero-order valence-corrected chi connectivity index (χ0v) is 13.5. The maximum atomic E-state index is 12.5. The summed E-state index contributed by atoms with van der Waals surface area (Å²) >= 11 is 0. The molecule has 23 heavy (non-hydrogen) atoms. The van der Waals surface area contributed by atoms with Gasteiger partial charge in [-0.3, -0.25) is 14.7 Å². The molecule has 126 valence electrons. The second kappa shape index (κ2) is 7.75. The summed E-state index contributed by atoms with van der Waals surface area (Å²) in [6.07, 6.45) is 4.08. The van der Waals surface area contributed by atoms with Gasteiger partial charge in [0.05, 0.1) is 0 Å². The molecule has 1 heterocycles. The predicted molar refractivity (Wildman–Crippen MR) is 87.3 cm³/mol. The van der Waals surface area contributed by atoms with Gasteiger partial charge in [0.1, 0.15) is 12.4 Å². The molecule has 1 aromatic carbocycles. The Bertz CT molecular complexity index is 713. The molecule has 0 saturated heterocycles. The Morgan fingerprint density at radius 2 is 2.17 bits per heavy atom. The van der Waals surface area contributed by atoms with Gasteiger partial charge in [-0.15, -0.1) is 6.58 Å². The summed E-state index contributed by atoms with van der Waals surface area (Å²) in [6.45, 7) is 4.72. The third kappa shape index (κ3) is 4.91. The number of fused-ring (bicyclic) bond motifs is 1. The number of halogens is 1. The first-order valence-corrected chi connectivity index (χ1v) is 8.71. The van der Waals surface area contributed by atoms with Crippen molar-refractivity contribution >= 4 is 18.7 Å². The minimum atomic E-state index is -4.63. The highest BCUT2D eigenvalue weighted by Gasteiger charge is 2.19. The smallest absolute Gasteiger partial charge is 0.404 e. The second-order valence-corrected chi connectivity index (χ2v) is 6.27. The van der Waals surface area contributed by atoms with Crippen molar-refractivity contribution in [2.45, 2.75) is 6.42 Å².